The summed E-state index contributed by atoms with van der Waals surface area (Å²) in [6.45, 7) is 18.9. The topological polar surface area (TPSA) is 160 Å². The van der Waals surface area contributed by atoms with E-state index in [1.165, 1.54) is 0 Å². The molecule has 0 rings (SSSR count). The molecule has 0 aliphatic heterocycles. The van der Waals surface area contributed by atoms with Gasteiger partial charge in [0.1, 0.15) is 0 Å². The van der Waals surface area contributed by atoms with E-state index in [4.69, 9.17) is 57.3 Å². The molecule has 0 aromatic rings. The first-order valence-corrected chi connectivity index (χ1v) is 22.7. The van der Waals surface area contributed by atoms with Crippen molar-refractivity contribution in [2.45, 2.75) is 94.0 Å². The van der Waals surface area contributed by atoms with Crippen molar-refractivity contribution < 1.29 is 62.1 Å². The largest absolute Gasteiger partial charge is 0.672 e. The molecular formula is C25H59NO14Si4. The maximum Gasteiger partial charge on any atom is 0.672 e. The van der Waals surface area contributed by atoms with Crippen molar-refractivity contribution in [3.63, 3.8) is 0 Å². The molecule has 0 spiro atoms. The third-order valence-corrected chi connectivity index (χ3v) is 18.9. The van der Waals surface area contributed by atoms with Crippen LogP contribution in [0.25, 0.3) is 0 Å². The molecule has 0 bridgehead atoms. The fourth-order valence-electron chi connectivity index (χ4n) is 4.03. The molecule has 0 saturated heterocycles. The van der Waals surface area contributed by atoms with Crippen molar-refractivity contribution in [2.24, 2.45) is 0 Å². The van der Waals surface area contributed by atoms with Crippen molar-refractivity contribution in [1.82, 2.24) is 5.32 Å². The van der Waals surface area contributed by atoms with E-state index < -0.39 is 42.0 Å². The van der Waals surface area contributed by atoms with Crippen LogP contribution in [-0.4, -0.2) is 113 Å². The second kappa shape index (κ2) is 24.8. The molecule has 2 N–H and O–H groups in total. The van der Waals surface area contributed by atoms with Gasteiger partial charge in [0, 0.05) is 72.1 Å². The van der Waals surface area contributed by atoms with E-state index in [9.17, 15) is 4.79 Å². The van der Waals surface area contributed by atoms with Crippen LogP contribution in [0.3, 0.4) is 0 Å². The second-order valence-corrected chi connectivity index (χ2v) is 18.7. The molecule has 0 fully saturated rings. The van der Waals surface area contributed by atoms with Crippen LogP contribution in [0.15, 0.2) is 0 Å². The zero-order chi connectivity index (χ0) is 33.4. The number of hydrogen-bond acceptors (Lipinski definition) is 13. The van der Waals surface area contributed by atoms with E-state index in [1.807, 2.05) is 62.3 Å². The Labute approximate surface area is 269 Å². The van der Waals surface area contributed by atoms with E-state index in [0.29, 0.717) is 25.8 Å². The monoisotopic (exact) mass is 709 g/mol. The van der Waals surface area contributed by atoms with Crippen molar-refractivity contribution in [3.8, 4) is 0 Å². The van der Waals surface area contributed by atoms with Gasteiger partial charge in [0.05, 0.1) is 0 Å². The lowest BCUT2D eigenvalue weighted by molar-refractivity contribution is -0.0546. The van der Waals surface area contributed by atoms with Gasteiger partial charge in [-0.05, 0) is 75.2 Å². The van der Waals surface area contributed by atoms with E-state index in [1.54, 1.807) is 0 Å². The summed E-state index contributed by atoms with van der Waals surface area (Å²) in [5.41, 5.74) is 0. The van der Waals surface area contributed by atoms with E-state index in [2.05, 4.69) is 5.32 Å². The molecule has 1 amide bonds. The summed E-state index contributed by atoms with van der Waals surface area (Å²) in [5, 5.41) is 11.3. The zero-order valence-corrected chi connectivity index (χ0v) is 32.4. The molecule has 0 aliphatic rings. The van der Waals surface area contributed by atoms with Gasteiger partial charge in [-0.3, -0.25) is 0 Å². The molecule has 0 aromatic carbocycles. The Morgan fingerprint density at radius 1 is 0.477 bits per heavy atom. The molecule has 0 aromatic heterocycles. The fourth-order valence-corrected chi connectivity index (χ4v) is 18.2. The summed E-state index contributed by atoms with van der Waals surface area (Å²) in [6, 6.07) is 0.227. The first kappa shape index (κ1) is 43.7. The molecule has 19 heteroatoms. The van der Waals surface area contributed by atoms with Crippen LogP contribution in [0.4, 0.5) is 4.79 Å². The lowest BCUT2D eigenvalue weighted by Gasteiger charge is -2.43. The number of nitrogens with one attached hydrogen (secondary N) is 1. The number of carboxylic acid groups (broad SMARTS) is 1. The molecular weight excluding hydrogens is 651 g/mol. The van der Waals surface area contributed by atoms with Gasteiger partial charge >= 0.3 is 42.0 Å². The molecule has 0 heterocycles. The van der Waals surface area contributed by atoms with Gasteiger partial charge in [-0.25, -0.2) is 4.79 Å². The lowest BCUT2D eigenvalue weighted by Crippen LogP contribution is -2.70. The van der Waals surface area contributed by atoms with E-state index in [-0.39, 0.29) is 65.5 Å². The van der Waals surface area contributed by atoms with Crippen LogP contribution in [-0.2, 0) is 52.2 Å². The summed E-state index contributed by atoms with van der Waals surface area (Å²) < 4.78 is 75.5. The summed E-state index contributed by atoms with van der Waals surface area (Å²) in [6.07, 6.45) is 1.61. The highest BCUT2D eigenvalue weighted by Gasteiger charge is 2.67. The summed E-state index contributed by atoms with van der Waals surface area (Å²) in [7, 11) is -15.9. The molecule has 0 unspecified atom stereocenters. The average Bonchev–Trinajstić information content (AvgIpc) is 2.93. The SMILES string of the molecule is CCO[Si](OCC)(OCC)O[Si](CCCCCCNC(=O)O)(O[Si](OCC)(OCC)OCC)O[Si](OCC)(OCC)OCC. The van der Waals surface area contributed by atoms with Gasteiger partial charge in [-0.1, -0.05) is 12.8 Å². The number of rotatable bonds is 31. The Morgan fingerprint density at radius 3 is 1.00 bits per heavy atom. The third-order valence-electron chi connectivity index (χ3n) is 5.42. The first-order valence-electron chi connectivity index (χ1n) is 15.9. The van der Waals surface area contributed by atoms with Crippen LogP contribution >= 0.6 is 0 Å². The van der Waals surface area contributed by atoms with Crippen molar-refractivity contribution in [2.75, 3.05) is 66.0 Å². The molecule has 0 aliphatic carbocycles. The van der Waals surface area contributed by atoms with Crippen LogP contribution in [0.2, 0.25) is 6.04 Å². The quantitative estimate of drug-likeness (QED) is 0.0768. The predicted molar refractivity (Wildman–Crippen MR) is 170 cm³/mol. The summed E-state index contributed by atoms with van der Waals surface area (Å²) in [4.78, 5) is 10.8. The Hall–Kier alpha value is -0.342. The first-order chi connectivity index (χ1) is 21.1. The maximum atomic E-state index is 10.8. The van der Waals surface area contributed by atoms with Crippen LogP contribution in [0.1, 0.15) is 88.0 Å². The standard InChI is InChI=1S/C25H59NO14Si4/c1-10-29-42(30-11-2,31-12-3)38-41(24-22-20-19-21-23-26-25(27)28,39-43(32-13-4,33-14-5)34-15-6)40-44(35-16-7,36-17-8)37-18-9/h26H,10-24H2,1-9H3,(H,27,28). The normalized spacial score (nSPS) is 13.0. The summed E-state index contributed by atoms with van der Waals surface area (Å²) in [5.74, 6) is 0. The minimum Gasteiger partial charge on any atom is -0.465 e. The van der Waals surface area contributed by atoms with Gasteiger partial charge < -0.3 is 62.6 Å². The Bertz CT molecular complexity index is 610. The van der Waals surface area contributed by atoms with Gasteiger partial charge in [-0.15, -0.1) is 0 Å². The molecule has 0 radical (unpaired) electrons. The highest BCUT2D eigenvalue weighted by molar-refractivity contribution is 6.82. The molecule has 15 nitrogen and oxygen atoms in total. The number of hydrogen-bond donors (Lipinski definition) is 2. The zero-order valence-electron chi connectivity index (χ0n) is 28.4. The fraction of sp³-hybridized carbons (Fsp3) is 0.960. The number of amides is 1. The van der Waals surface area contributed by atoms with Crippen LogP contribution < -0.4 is 5.32 Å². The Balaban J connectivity index is 7.13. The Kier molecular flexibility index (Phi) is 24.6. The van der Waals surface area contributed by atoms with Crippen LogP contribution in [0.5, 0.6) is 0 Å². The van der Waals surface area contributed by atoms with Crippen molar-refractivity contribution in [1.29, 1.82) is 0 Å². The molecule has 0 saturated carbocycles. The lowest BCUT2D eigenvalue weighted by atomic mass is 10.2. The van der Waals surface area contributed by atoms with Gasteiger partial charge in [-0.2, -0.15) is 0 Å². The van der Waals surface area contributed by atoms with Gasteiger partial charge in [0.15, 0.2) is 0 Å². The van der Waals surface area contributed by atoms with E-state index in [0.717, 1.165) is 6.42 Å². The smallest absolute Gasteiger partial charge is 0.465 e. The predicted octanol–water partition coefficient (Wildman–Crippen LogP) is 4.44. The molecule has 44 heavy (non-hydrogen) atoms. The van der Waals surface area contributed by atoms with Gasteiger partial charge in [0.2, 0.25) is 0 Å². The molecule has 0 atom stereocenters. The molecule has 264 valence electrons. The number of unbranched alkanes of at least 4 members (excludes halogenated alkanes) is 3. The highest BCUT2D eigenvalue weighted by atomic mass is 28.5. The average molecular weight is 710 g/mol. The van der Waals surface area contributed by atoms with Crippen molar-refractivity contribution in [3.05, 3.63) is 0 Å². The minimum atomic E-state index is -4.17. The minimum absolute atomic E-state index is 0.227. The number of carbonyl (C=O) groups is 1. The Morgan fingerprint density at radius 2 is 0.750 bits per heavy atom. The highest BCUT2D eigenvalue weighted by Crippen LogP contribution is 2.34. The third kappa shape index (κ3) is 16.5. The maximum absolute atomic E-state index is 10.8. The van der Waals surface area contributed by atoms with Gasteiger partial charge in [0.25, 0.3) is 0 Å². The van der Waals surface area contributed by atoms with Crippen molar-refractivity contribution >= 4 is 42.0 Å². The second-order valence-electron chi connectivity index (χ2n) is 8.78. The summed E-state index contributed by atoms with van der Waals surface area (Å²) >= 11 is 0. The van der Waals surface area contributed by atoms with Crippen LogP contribution in [0, 0.1) is 0 Å². The van der Waals surface area contributed by atoms with E-state index >= 15 is 0 Å².